The van der Waals surface area contributed by atoms with Crippen LogP contribution in [0, 0.1) is 0 Å². The average Bonchev–Trinajstić information content (AvgIpc) is 3.12. The molecule has 0 spiro atoms. The van der Waals surface area contributed by atoms with Gasteiger partial charge in [-0.05, 0) is 24.6 Å². The third kappa shape index (κ3) is 3.64. The van der Waals surface area contributed by atoms with E-state index in [1.165, 1.54) is 4.68 Å². The van der Waals surface area contributed by atoms with Crippen molar-refractivity contribution < 1.29 is 4.79 Å². The van der Waals surface area contributed by atoms with Crippen LogP contribution in [-0.4, -0.2) is 32.2 Å². The Hall–Kier alpha value is -3.48. The Bertz CT molecular complexity index is 1180. The lowest BCUT2D eigenvalue weighted by Crippen LogP contribution is -2.29. The van der Waals surface area contributed by atoms with E-state index in [0.29, 0.717) is 17.6 Å². The number of imidazole rings is 1. The van der Waals surface area contributed by atoms with Crippen LogP contribution in [-0.2, 0) is 24.7 Å². The van der Waals surface area contributed by atoms with Gasteiger partial charge >= 0.3 is 0 Å². The SMILES string of the molecule is Cn1nc(CC(=O)NCCCc2nc3ccccc3[nH]2)c2ccccc2c1=O. The van der Waals surface area contributed by atoms with E-state index in [9.17, 15) is 9.59 Å². The summed E-state index contributed by atoms with van der Waals surface area (Å²) in [4.78, 5) is 32.3. The van der Waals surface area contributed by atoms with Crippen molar-refractivity contribution in [1.29, 1.82) is 0 Å². The lowest BCUT2D eigenvalue weighted by atomic mass is 10.1. The highest BCUT2D eigenvalue weighted by Crippen LogP contribution is 2.14. The molecule has 2 heterocycles. The van der Waals surface area contributed by atoms with E-state index in [1.54, 1.807) is 13.1 Å². The summed E-state index contributed by atoms with van der Waals surface area (Å²) in [6.45, 7) is 0.555. The first-order chi connectivity index (χ1) is 13.6. The average molecular weight is 375 g/mol. The summed E-state index contributed by atoms with van der Waals surface area (Å²) in [5.41, 5.74) is 2.42. The highest BCUT2D eigenvalue weighted by atomic mass is 16.1. The van der Waals surface area contributed by atoms with E-state index >= 15 is 0 Å². The number of nitrogens with one attached hydrogen (secondary N) is 2. The fourth-order valence-corrected chi connectivity index (χ4v) is 3.33. The quantitative estimate of drug-likeness (QED) is 0.505. The number of aromatic amines is 1. The molecular weight excluding hydrogens is 354 g/mol. The Kier molecular flexibility index (Phi) is 4.89. The molecule has 28 heavy (non-hydrogen) atoms. The fourth-order valence-electron chi connectivity index (χ4n) is 3.33. The number of carbonyl (C=O) groups excluding carboxylic acids is 1. The highest BCUT2D eigenvalue weighted by Gasteiger charge is 2.12. The zero-order valence-electron chi connectivity index (χ0n) is 15.6. The van der Waals surface area contributed by atoms with Crippen molar-refractivity contribution in [1.82, 2.24) is 25.1 Å². The van der Waals surface area contributed by atoms with E-state index in [2.05, 4.69) is 20.4 Å². The van der Waals surface area contributed by atoms with Gasteiger partial charge in [0.2, 0.25) is 5.91 Å². The molecule has 0 radical (unpaired) electrons. The molecule has 0 saturated carbocycles. The monoisotopic (exact) mass is 375 g/mol. The summed E-state index contributed by atoms with van der Waals surface area (Å²) in [6.07, 6.45) is 1.68. The molecule has 0 aliphatic rings. The molecule has 7 nitrogen and oxygen atoms in total. The number of benzene rings is 2. The Labute approximate surface area is 161 Å². The zero-order valence-corrected chi connectivity index (χ0v) is 15.6. The summed E-state index contributed by atoms with van der Waals surface area (Å²) in [6, 6.07) is 15.2. The number of nitrogens with zero attached hydrogens (tertiary/aromatic N) is 3. The van der Waals surface area contributed by atoms with E-state index in [1.807, 2.05) is 42.5 Å². The van der Waals surface area contributed by atoms with Gasteiger partial charge < -0.3 is 10.3 Å². The number of hydrogen-bond acceptors (Lipinski definition) is 4. The van der Waals surface area contributed by atoms with Crippen LogP contribution in [0.5, 0.6) is 0 Å². The molecule has 0 bridgehead atoms. The van der Waals surface area contributed by atoms with Crippen LogP contribution in [0.15, 0.2) is 53.3 Å². The lowest BCUT2D eigenvalue weighted by molar-refractivity contribution is -0.120. The van der Waals surface area contributed by atoms with Crippen LogP contribution in [0.4, 0.5) is 0 Å². The minimum atomic E-state index is -0.161. The van der Waals surface area contributed by atoms with Crippen molar-refractivity contribution >= 4 is 27.7 Å². The van der Waals surface area contributed by atoms with Crippen LogP contribution in [0.1, 0.15) is 17.9 Å². The number of para-hydroxylation sites is 2. The van der Waals surface area contributed by atoms with E-state index in [-0.39, 0.29) is 17.9 Å². The van der Waals surface area contributed by atoms with Crippen LogP contribution < -0.4 is 10.9 Å². The maximum atomic E-state index is 12.3. The molecule has 0 unspecified atom stereocenters. The first-order valence-corrected chi connectivity index (χ1v) is 9.27. The minimum absolute atomic E-state index is 0.110. The van der Waals surface area contributed by atoms with E-state index in [4.69, 9.17) is 0 Å². The second-order valence-corrected chi connectivity index (χ2v) is 6.75. The number of hydrogen-bond donors (Lipinski definition) is 2. The third-order valence-electron chi connectivity index (χ3n) is 4.71. The molecule has 0 saturated heterocycles. The third-order valence-corrected chi connectivity index (χ3v) is 4.71. The molecule has 2 N–H and O–H groups in total. The Morgan fingerprint density at radius 2 is 1.86 bits per heavy atom. The number of carbonyl (C=O) groups is 1. The van der Waals surface area contributed by atoms with Crippen LogP contribution >= 0.6 is 0 Å². The molecule has 0 aliphatic carbocycles. The molecule has 4 rings (SSSR count). The predicted molar refractivity (Wildman–Crippen MR) is 108 cm³/mol. The molecule has 2 aromatic heterocycles. The first-order valence-electron chi connectivity index (χ1n) is 9.27. The number of fused-ring (bicyclic) bond motifs is 2. The van der Waals surface area contributed by atoms with Crippen molar-refractivity contribution in [3.05, 3.63) is 70.4 Å². The lowest BCUT2D eigenvalue weighted by Gasteiger charge is -2.08. The summed E-state index contributed by atoms with van der Waals surface area (Å²) in [7, 11) is 1.60. The van der Waals surface area contributed by atoms with Gasteiger partial charge in [-0.25, -0.2) is 9.67 Å². The van der Waals surface area contributed by atoms with Gasteiger partial charge in [0, 0.05) is 25.4 Å². The summed E-state index contributed by atoms with van der Waals surface area (Å²) >= 11 is 0. The molecule has 1 amide bonds. The smallest absolute Gasteiger partial charge is 0.274 e. The highest BCUT2D eigenvalue weighted by molar-refractivity contribution is 5.88. The van der Waals surface area contributed by atoms with Gasteiger partial charge in [-0.1, -0.05) is 30.3 Å². The molecule has 0 atom stereocenters. The van der Waals surface area contributed by atoms with Crippen LogP contribution in [0.3, 0.4) is 0 Å². The maximum absolute atomic E-state index is 12.3. The number of amides is 1. The normalized spacial score (nSPS) is 11.2. The Balaban J connectivity index is 1.35. The molecule has 0 fully saturated rings. The molecule has 2 aromatic carbocycles. The van der Waals surface area contributed by atoms with Crippen molar-refractivity contribution in [3.63, 3.8) is 0 Å². The fraction of sp³-hybridized carbons (Fsp3) is 0.238. The van der Waals surface area contributed by atoms with Gasteiger partial charge in [-0.2, -0.15) is 5.10 Å². The molecule has 0 aliphatic heterocycles. The van der Waals surface area contributed by atoms with Crippen molar-refractivity contribution in [2.24, 2.45) is 7.05 Å². The molecule has 142 valence electrons. The number of H-pyrrole nitrogens is 1. The Morgan fingerprint density at radius 3 is 2.68 bits per heavy atom. The van der Waals surface area contributed by atoms with Gasteiger partial charge in [-0.15, -0.1) is 0 Å². The topological polar surface area (TPSA) is 92.7 Å². The number of rotatable bonds is 6. The number of aryl methyl sites for hydroxylation is 2. The summed E-state index contributed by atoms with van der Waals surface area (Å²) < 4.78 is 1.28. The number of aromatic nitrogens is 4. The standard InChI is InChI=1S/C21H21N5O2/c1-26-21(28)15-8-3-2-7-14(15)18(25-26)13-20(27)22-12-6-11-19-23-16-9-4-5-10-17(16)24-19/h2-5,7-10H,6,11-13H2,1H3,(H,22,27)(H,23,24). The largest absolute Gasteiger partial charge is 0.356 e. The molecule has 4 aromatic rings. The molecular formula is C21H21N5O2. The van der Waals surface area contributed by atoms with Gasteiger partial charge in [0.25, 0.3) is 5.56 Å². The second kappa shape index (κ2) is 7.64. The summed E-state index contributed by atoms with van der Waals surface area (Å²) in [5.74, 6) is 0.807. The van der Waals surface area contributed by atoms with Crippen molar-refractivity contribution in [2.75, 3.05) is 6.54 Å². The van der Waals surface area contributed by atoms with Crippen LogP contribution in [0.2, 0.25) is 0 Å². The minimum Gasteiger partial charge on any atom is -0.356 e. The summed E-state index contributed by atoms with van der Waals surface area (Å²) in [5, 5.41) is 8.50. The van der Waals surface area contributed by atoms with Gasteiger partial charge in [-0.3, -0.25) is 9.59 Å². The zero-order chi connectivity index (χ0) is 19.5. The van der Waals surface area contributed by atoms with E-state index < -0.39 is 0 Å². The maximum Gasteiger partial charge on any atom is 0.274 e. The first kappa shape index (κ1) is 17.9. The van der Waals surface area contributed by atoms with Crippen molar-refractivity contribution in [2.45, 2.75) is 19.3 Å². The van der Waals surface area contributed by atoms with E-state index in [0.717, 1.165) is 35.1 Å². The van der Waals surface area contributed by atoms with Gasteiger partial charge in [0.1, 0.15) is 5.82 Å². The second-order valence-electron chi connectivity index (χ2n) is 6.75. The van der Waals surface area contributed by atoms with Gasteiger partial charge in [0.15, 0.2) is 0 Å². The van der Waals surface area contributed by atoms with Gasteiger partial charge in [0.05, 0.1) is 28.5 Å². The Morgan fingerprint density at radius 1 is 1.11 bits per heavy atom. The van der Waals surface area contributed by atoms with Crippen LogP contribution in [0.25, 0.3) is 21.8 Å². The van der Waals surface area contributed by atoms with Crippen molar-refractivity contribution in [3.8, 4) is 0 Å². The predicted octanol–water partition coefficient (Wildman–Crippen LogP) is 2.10. The molecule has 7 heteroatoms.